The lowest BCUT2D eigenvalue weighted by Crippen LogP contribution is -2.42. The summed E-state index contributed by atoms with van der Waals surface area (Å²) in [6, 6.07) is 3.32. The molecule has 2 aliphatic rings. The summed E-state index contributed by atoms with van der Waals surface area (Å²) in [6.45, 7) is 0.249. The van der Waals surface area contributed by atoms with Crippen molar-refractivity contribution in [3.05, 3.63) is 57.1 Å². The summed E-state index contributed by atoms with van der Waals surface area (Å²) < 4.78 is 5.86. The fourth-order valence-corrected chi connectivity index (χ4v) is 5.17. The monoisotopic (exact) mass is 505 g/mol. The van der Waals surface area contributed by atoms with E-state index < -0.39 is 17.9 Å². The SMILES string of the molecule is O=C(N[C@@H](CCOC1CC(CCc2ccc3c(n2)CCCC3)C1)C(=O)O)c1c(Cl)cncc1Cl. The molecule has 7 nitrogen and oxygen atoms in total. The number of nitrogens with zero attached hydrogens (tertiary/aromatic N) is 2. The second-order valence-electron chi connectivity index (χ2n) is 9.12. The summed E-state index contributed by atoms with van der Waals surface area (Å²) in [4.78, 5) is 32.7. The lowest BCUT2D eigenvalue weighted by Gasteiger charge is -2.35. The average molecular weight is 506 g/mol. The number of amides is 1. The number of aryl methyl sites for hydroxylation is 3. The van der Waals surface area contributed by atoms with Crippen molar-refractivity contribution in [2.45, 2.75) is 69.9 Å². The number of nitrogens with one attached hydrogen (secondary N) is 1. The van der Waals surface area contributed by atoms with Gasteiger partial charge in [-0.15, -0.1) is 0 Å². The third kappa shape index (κ3) is 6.26. The van der Waals surface area contributed by atoms with Crippen LogP contribution >= 0.6 is 23.2 Å². The van der Waals surface area contributed by atoms with Gasteiger partial charge in [-0.05, 0) is 68.9 Å². The maximum absolute atomic E-state index is 12.5. The topological polar surface area (TPSA) is 101 Å². The summed E-state index contributed by atoms with van der Waals surface area (Å²) in [7, 11) is 0. The molecule has 1 fully saturated rings. The van der Waals surface area contributed by atoms with Gasteiger partial charge in [-0.1, -0.05) is 29.3 Å². The predicted molar refractivity (Wildman–Crippen MR) is 129 cm³/mol. The molecule has 0 spiro atoms. The highest BCUT2D eigenvalue weighted by Gasteiger charge is 2.30. The Morgan fingerprint density at radius 1 is 1.15 bits per heavy atom. The molecule has 0 unspecified atom stereocenters. The van der Waals surface area contributed by atoms with Gasteiger partial charge in [0.05, 0.1) is 21.7 Å². The number of carbonyl (C=O) groups is 2. The highest BCUT2D eigenvalue weighted by Crippen LogP contribution is 2.34. The van der Waals surface area contributed by atoms with Crippen molar-refractivity contribution >= 4 is 35.1 Å². The smallest absolute Gasteiger partial charge is 0.326 e. The van der Waals surface area contributed by atoms with Crippen LogP contribution in [0.1, 0.15) is 65.8 Å². The molecule has 0 bridgehead atoms. The van der Waals surface area contributed by atoms with E-state index in [-0.39, 0.29) is 34.7 Å². The van der Waals surface area contributed by atoms with Crippen LogP contribution in [0.3, 0.4) is 0 Å². The normalized spacial score (nSPS) is 20.2. The maximum Gasteiger partial charge on any atom is 0.326 e. The van der Waals surface area contributed by atoms with Crippen LogP contribution in [-0.4, -0.2) is 45.7 Å². The van der Waals surface area contributed by atoms with Crippen molar-refractivity contribution in [3.8, 4) is 0 Å². The molecule has 2 aromatic heterocycles. The number of aliphatic carboxylic acids is 1. The molecule has 1 amide bonds. The zero-order valence-electron chi connectivity index (χ0n) is 18.9. The Kier molecular flexibility index (Phi) is 8.40. The van der Waals surface area contributed by atoms with Crippen LogP contribution in [0.4, 0.5) is 0 Å². The molecule has 1 saturated carbocycles. The van der Waals surface area contributed by atoms with Crippen molar-refractivity contribution in [2.24, 2.45) is 5.92 Å². The Balaban J connectivity index is 1.17. The minimum absolute atomic E-state index is 0.0146. The van der Waals surface area contributed by atoms with E-state index in [2.05, 4.69) is 22.4 Å². The molecule has 0 aliphatic heterocycles. The van der Waals surface area contributed by atoms with Crippen LogP contribution in [0, 0.1) is 5.92 Å². The molecule has 34 heavy (non-hydrogen) atoms. The van der Waals surface area contributed by atoms with Crippen molar-refractivity contribution in [3.63, 3.8) is 0 Å². The highest BCUT2D eigenvalue weighted by molar-refractivity contribution is 6.39. The van der Waals surface area contributed by atoms with E-state index in [0.29, 0.717) is 5.92 Å². The largest absolute Gasteiger partial charge is 0.480 e. The summed E-state index contributed by atoms with van der Waals surface area (Å²) >= 11 is 12.0. The number of pyridine rings is 2. The standard InChI is InChI=1S/C25H29Cl2N3O4/c26-19-13-28-14-20(27)23(19)24(31)30-22(25(32)33)9-10-34-18-11-15(12-18)5-7-17-8-6-16-3-1-2-4-21(16)29-17/h6,8,13-15,18,22H,1-5,7,9-12H2,(H,30,31)(H,32,33)/t15?,18?,22-/m0/s1. The molecule has 2 aliphatic carbocycles. The maximum atomic E-state index is 12.5. The zero-order valence-corrected chi connectivity index (χ0v) is 20.4. The van der Waals surface area contributed by atoms with Gasteiger partial charge in [0.1, 0.15) is 6.04 Å². The fraction of sp³-hybridized carbons (Fsp3) is 0.520. The number of rotatable bonds is 10. The number of fused-ring (bicyclic) bond motifs is 1. The average Bonchev–Trinajstić information content (AvgIpc) is 2.78. The Hall–Kier alpha value is -2.22. The van der Waals surface area contributed by atoms with Gasteiger partial charge < -0.3 is 15.2 Å². The number of hydrogen-bond donors (Lipinski definition) is 2. The van der Waals surface area contributed by atoms with Gasteiger partial charge in [0.2, 0.25) is 0 Å². The van der Waals surface area contributed by atoms with Crippen LogP contribution < -0.4 is 5.32 Å². The molecule has 0 saturated heterocycles. The van der Waals surface area contributed by atoms with Gasteiger partial charge >= 0.3 is 5.97 Å². The highest BCUT2D eigenvalue weighted by atomic mass is 35.5. The molecular weight excluding hydrogens is 477 g/mol. The van der Waals surface area contributed by atoms with Gasteiger partial charge in [0.25, 0.3) is 5.91 Å². The van der Waals surface area contributed by atoms with Crippen molar-refractivity contribution in [2.75, 3.05) is 6.61 Å². The van der Waals surface area contributed by atoms with Gasteiger partial charge in [0.15, 0.2) is 0 Å². The molecule has 182 valence electrons. The first-order valence-corrected chi connectivity index (χ1v) is 12.6. The number of carboxylic acid groups (broad SMARTS) is 1. The first kappa shape index (κ1) is 24.9. The van der Waals surface area contributed by atoms with E-state index in [9.17, 15) is 14.7 Å². The van der Waals surface area contributed by atoms with E-state index in [1.54, 1.807) is 0 Å². The quantitative estimate of drug-likeness (QED) is 0.486. The van der Waals surface area contributed by atoms with Gasteiger partial charge in [0, 0.05) is 36.8 Å². The Morgan fingerprint density at radius 2 is 1.88 bits per heavy atom. The summed E-state index contributed by atoms with van der Waals surface area (Å²) in [5.41, 5.74) is 3.89. The molecule has 9 heteroatoms. The van der Waals surface area contributed by atoms with E-state index in [1.165, 1.54) is 42.2 Å². The number of ether oxygens (including phenoxy) is 1. The third-order valence-electron chi connectivity index (χ3n) is 6.68. The summed E-state index contributed by atoms with van der Waals surface area (Å²) in [5.74, 6) is -1.18. The van der Waals surface area contributed by atoms with E-state index >= 15 is 0 Å². The Bertz CT molecular complexity index is 1020. The molecule has 1 atom stereocenters. The van der Waals surface area contributed by atoms with Gasteiger partial charge in [-0.3, -0.25) is 14.8 Å². The first-order valence-electron chi connectivity index (χ1n) is 11.8. The van der Waals surface area contributed by atoms with E-state index in [0.717, 1.165) is 38.5 Å². The summed E-state index contributed by atoms with van der Waals surface area (Å²) in [6.07, 6.45) is 11.6. The van der Waals surface area contributed by atoms with Gasteiger partial charge in [-0.2, -0.15) is 0 Å². The number of hydrogen-bond acceptors (Lipinski definition) is 5. The minimum Gasteiger partial charge on any atom is -0.480 e. The number of aromatic nitrogens is 2. The predicted octanol–water partition coefficient (Wildman–Crippen LogP) is 4.66. The third-order valence-corrected chi connectivity index (χ3v) is 7.25. The molecule has 0 aromatic carbocycles. The minimum atomic E-state index is -1.14. The number of carbonyl (C=O) groups excluding carboxylic acids is 1. The molecule has 2 heterocycles. The Morgan fingerprint density at radius 3 is 2.62 bits per heavy atom. The zero-order chi connectivity index (χ0) is 24.1. The second kappa shape index (κ2) is 11.5. The van der Waals surface area contributed by atoms with Crippen LogP contribution in [0.25, 0.3) is 0 Å². The lowest BCUT2D eigenvalue weighted by atomic mass is 9.79. The molecule has 0 radical (unpaired) electrons. The second-order valence-corrected chi connectivity index (χ2v) is 9.93. The molecule has 4 rings (SSSR count). The molecular formula is C25H29Cl2N3O4. The van der Waals surface area contributed by atoms with Crippen molar-refractivity contribution < 1.29 is 19.4 Å². The lowest BCUT2D eigenvalue weighted by molar-refractivity contribution is -0.140. The van der Waals surface area contributed by atoms with E-state index in [4.69, 9.17) is 32.9 Å². The molecule has 2 N–H and O–H groups in total. The first-order chi connectivity index (χ1) is 16.4. The number of halogens is 2. The van der Waals surface area contributed by atoms with Crippen molar-refractivity contribution in [1.82, 2.24) is 15.3 Å². The van der Waals surface area contributed by atoms with Gasteiger partial charge in [-0.25, -0.2) is 4.79 Å². The van der Waals surface area contributed by atoms with Crippen LogP contribution in [0.5, 0.6) is 0 Å². The van der Waals surface area contributed by atoms with Crippen LogP contribution in [0.15, 0.2) is 24.5 Å². The summed E-state index contributed by atoms with van der Waals surface area (Å²) in [5, 5.41) is 12.1. The number of carboxylic acids is 1. The van der Waals surface area contributed by atoms with Crippen LogP contribution in [0.2, 0.25) is 10.0 Å². The Labute approximate surface area is 209 Å². The fourth-order valence-electron chi connectivity index (χ4n) is 4.63. The van der Waals surface area contributed by atoms with Crippen molar-refractivity contribution in [1.29, 1.82) is 0 Å². The van der Waals surface area contributed by atoms with E-state index in [1.807, 2.05) is 0 Å². The molecule has 2 aromatic rings. The van der Waals surface area contributed by atoms with Crippen LogP contribution in [-0.2, 0) is 28.8 Å².